The number of carbonyl (C=O) groups excluding carboxylic acids is 5. The highest BCUT2D eigenvalue weighted by molar-refractivity contribution is 7.10. The molecule has 1 heterocycles. The molecule has 0 spiro atoms. The Kier molecular flexibility index (Phi) is 11.6. The molecule has 5 aromatic rings. The van der Waals surface area contributed by atoms with Gasteiger partial charge >= 0.3 is 23.9 Å². The number of carbonyl (C=O) groups is 5. The van der Waals surface area contributed by atoms with Crippen LogP contribution in [0.5, 0.6) is 0 Å². The molecule has 0 fully saturated rings. The van der Waals surface area contributed by atoms with E-state index >= 15 is 4.79 Å². The third-order valence-corrected chi connectivity index (χ3v) is 20.7. The van der Waals surface area contributed by atoms with Crippen LogP contribution in [0.2, 0.25) is 78.6 Å². The van der Waals surface area contributed by atoms with Crippen LogP contribution in [0.3, 0.4) is 0 Å². The summed E-state index contributed by atoms with van der Waals surface area (Å²) in [5.41, 5.74) is -0.130. The molecule has 0 atom stereocenters. The molecule has 10 nitrogen and oxygen atoms in total. The van der Waals surface area contributed by atoms with Crippen molar-refractivity contribution < 1.29 is 48.0 Å². The number of esters is 4. The van der Waals surface area contributed by atoms with Crippen LogP contribution in [0.4, 0.5) is 0 Å². The third kappa shape index (κ3) is 7.20. The lowest BCUT2D eigenvalue weighted by Gasteiger charge is -2.38. The molecule has 4 aromatic carbocycles. The lowest BCUT2D eigenvalue weighted by molar-refractivity contribution is 0.0558. The van der Waals surface area contributed by atoms with Crippen molar-refractivity contribution in [3.8, 4) is 0 Å². The number of methoxy groups -OCH3 is 4. The third-order valence-electron chi connectivity index (χ3n) is 11.6. The van der Waals surface area contributed by atoms with Crippen LogP contribution in [0.25, 0.3) is 21.5 Å². The van der Waals surface area contributed by atoms with Crippen molar-refractivity contribution in [3.63, 3.8) is 0 Å². The van der Waals surface area contributed by atoms with Gasteiger partial charge in [0.15, 0.2) is 11.4 Å². The highest BCUT2D eigenvalue weighted by Crippen LogP contribution is 2.48. The second kappa shape index (κ2) is 15.4. The Morgan fingerprint density at radius 3 is 1.02 bits per heavy atom. The molecule has 1 aliphatic carbocycles. The van der Waals surface area contributed by atoms with Crippen molar-refractivity contribution in [3.05, 3.63) is 91.2 Å². The standard InChI is InChI=1S/C46H56O10SSi4/c1-53-42(48)33-35(44(50)55-3)40(60(11,12)13)26-22-30-28(20-24(26)38(33)58(5,6)7)37(47)29-21-25-27(23-31(29)46(30,52)32-18-17-19-57-32)41(61(14,15)16)36(45(51)56-4)34(43(49)54-2)39(25)59(8,9)10/h17-23,52H,1-16H3. The van der Waals surface area contributed by atoms with E-state index in [9.17, 15) is 24.3 Å². The molecule has 0 radical (unpaired) electrons. The Hall–Kier alpha value is -4.52. The van der Waals surface area contributed by atoms with Gasteiger partial charge in [0, 0.05) is 27.1 Å². The van der Waals surface area contributed by atoms with Crippen LogP contribution in [0, 0.1) is 0 Å². The molecule has 322 valence electrons. The Bertz CT molecular complexity index is 2560. The van der Waals surface area contributed by atoms with Crippen LogP contribution >= 0.6 is 11.3 Å². The number of hydrogen-bond donors (Lipinski definition) is 1. The van der Waals surface area contributed by atoms with Crippen molar-refractivity contribution in [2.24, 2.45) is 0 Å². The van der Waals surface area contributed by atoms with E-state index in [2.05, 4.69) is 78.6 Å². The molecular weight excluding hydrogens is 857 g/mol. The van der Waals surface area contributed by atoms with Gasteiger partial charge in [-0.05, 0) is 78.0 Å². The quantitative estimate of drug-likeness (QED) is 0.0917. The summed E-state index contributed by atoms with van der Waals surface area (Å²) >= 11 is 1.34. The van der Waals surface area contributed by atoms with Crippen molar-refractivity contribution in [2.45, 2.75) is 84.2 Å². The van der Waals surface area contributed by atoms with E-state index in [-0.39, 0.29) is 39.2 Å². The molecule has 0 unspecified atom stereocenters. The lowest BCUT2D eigenvalue weighted by atomic mass is 9.71. The van der Waals surface area contributed by atoms with Crippen molar-refractivity contribution in [1.82, 2.24) is 0 Å². The average Bonchev–Trinajstić information content (AvgIpc) is 3.73. The zero-order valence-corrected chi connectivity index (χ0v) is 42.9. The number of ether oxygens (including phenoxy) is 4. The number of fused-ring (bicyclic) bond motifs is 4. The number of ketones is 1. The van der Waals surface area contributed by atoms with E-state index in [1.807, 2.05) is 29.6 Å². The second-order valence-corrected chi connectivity index (χ2v) is 40.8. The number of rotatable bonds is 9. The Morgan fingerprint density at radius 2 is 0.787 bits per heavy atom. The Balaban J connectivity index is 1.96. The highest BCUT2D eigenvalue weighted by atomic mass is 32.1. The van der Waals surface area contributed by atoms with Crippen molar-refractivity contribution in [1.29, 1.82) is 0 Å². The molecule has 1 aromatic heterocycles. The van der Waals surface area contributed by atoms with Crippen LogP contribution < -0.4 is 20.7 Å². The second-order valence-electron chi connectivity index (χ2n) is 19.9. The number of thiophene rings is 1. The maximum absolute atomic E-state index is 15.5. The maximum Gasteiger partial charge on any atom is 0.338 e. The van der Waals surface area contributed by atoms with Gasteiger partial charge in [-0.3, -0.25) is 4.79 Å². The fourth-order valence-corrected chi connectivity index (χ4v) is 18.2. The van der Waals surface area contributed by atoms with E-state index in [1.165, 1.54) is 39.8 Å². The molecule has 15 heteroatoms. The fourth-order valence-electron chi connectivity index (χ4n) is 9.42. The summed E-state index contributed by atoms with van der Waals surface area (Å²) in [6.07, 6.45) is 0. The lowest BCUT2D eigenvalue weighted by Crippen LogP contribution is -2.51. The van der Waals surface area contributed by atoms with Gasteiger partial charge in [-0.25, -0.2) is 19.2 Å². The fraction of sp³-hybridized carbons (Fsp3) is 0.370. The van der Waals surface area contributed by atoms with Crippen molar-refractivity contribution >= 4 is 116 Å². The van der Waals surface area contributed by atoms with E-state index in [4.69, 9.17) is 18.9 Å². The first kappa shape index (κ1) is 46.0. The van der Waals surface area contributed by atoms with Gasteiger partial charge in [0.25, 0.3) is 0 Å². The van der Waals surface area contributed by atoms with Crippen LogP contribution in [-0.4, -0.2) is 95.5 Å². The first-order valence-electron chi connectivity index (χ1n) is 20.1. The van der Waals surface area contributed by atoms with E-state index < -0.39 is 61.8 Å². The summed E-state index contributed by atoms with van der Waals surface area (Å²) in [4.78, 5) is 72.1. The van der Waals surface area contributed by atoms with E-state index in [0.717, 1.165) is 0 Å². The zero-order valence-electron chi connectivity index (χ0n) is 38.1. The predicted molar refractivity (Wildman–Crippen MR) is 255 cm³/mol. The highest BCUT2D eigenvalue weighted by Gasteiger charge is 2.48. The zero-order chi connectivity index (χ0) is 45.7. The molecule has 0 saturated carbocycles. The van der Waals surface area contributed by atoms with E-state index in [1.54, 1.807) is 12.1 Å². The topological polar surface area (TPSA) is 143 Å². The van der Waals surface area contributed by atoms with E-state index in [0.29, 0.717) is 58.3 Å². The molecule has 61 heavy (non-hydrogen) atoms. The van der Waals surface area contributed by atoms with Gasteiger partial charge in [0.05, 0.1) is 83.0 Å². The van der Waals surface area contributed by atoms with Gasteiger partial charge in [-0.15, -0.1) is 11.3 Å². The molecule has 1 N–H and O–H groups in total. The van der Waals surface area contributed by atoms with Crippen LogP contribution in [0.1, 0.15) is 73.4 Å². The molecule has 0 saturated heterocycles. The minimum atomic E-state index is -2.60. The number of hydrogen-bond acceptors (Lipinski definition) is 11. The largest absolute Gasteiger partial charge is 0.465 e. The first-order valence-corrected chi connectivity index (χ1v) is 35.0. The monoisotopic (exact) mass is 912 g/mol. The summed E-state index contributed by atoms with van der Waals surface area (Å²) in [6, 6.07) is 11.0. The van der Waals surface area contributed by atoms with Gasteiger partial charge in [0.2, 0.25) is 0 Å². The Labute approximate surface area is 365 Å². The van der Waals surface area contributed by atoms with Gasteiger partial charge in [-0.2, -0.15) is 0 Å². The summed E-state index contributed by atoms with van der Waals surface area (Å²) < 4.78 is 21.6. The molecule has 1 aliphatic rings. The summed E-state index contributed by atoms with van der Waals surface area (Å²) in [5, 5.41) is 20.9. The van der Waals surface area contributed by atoms with Gasteiger partial charge in [-0.1, -0.05) is 84.6 Å². The van der Waals surface area contributed by atoms with Gasteiger partial charge in [0.1, 0.15) is 0 Å². The van der Waals surface area contributed by atoms with Gasteiger partial charge < -0.3 is 24.1 Å². The SMILES string of the molecule is COC(=O)c1c(C(=O)OC)c([Si](C)(C)C)c2cc3c(cc2c1[Si](C)(C)C)C(=O)c1cc2c([Si](C)(C)C)c(C(=O)OC)c(C(=O)OC)c([Si](C)(C)C)c2cc1C3(O)c1cccs1. The van der Waals surface area contributed by atoms with Crippen LogP contribution in [0.15, 0.2) is 41.8 Å². The Morgan fingerprint density at radius 1 is 0.508 bits per heavy atom. The molecule has 0 amide bonds. The summed E-state index contributed by atoms with van der Waals surface area (Å²) in [6.45, 7) is 24.9. The molecular formula is C46H56O10SSi4. The molecule has 0 bridgehead atoms. The smallest absolute Gasteiger partial charge is 0.338 e. The minimum absolute atomic E-state index is 0.150. The molecule has 6 rings (SSSR count). The summed E-state index contributed by atoms with van der Waals surface area (Å²) in [7, 11) is -5.21. The summed E-state index contributed by atoms with van der Waals surface area (Å²) in [5.74, 6) is -3.01. The van der Waals surface area contributed by atoms with Crippen LogP contribution in [-0.2, 0) is 24.5 Å². The minimum Gasteiger partial charge on any atom is -0.465 e. The number of benzene rings is 4. The van der Waals surface area contributed by atoms with Crippen molar-refractivity contribution in [2.75, 3.05) is 28.4 Å². The average molecular weight is 913 g/mol. The molecule has 0 aliphatic heterocycles. The normalized spacial score (nSPS) is 14.1. The first-order chi connectivity index (χ1) is 28.1. The number of aliphatic hydroxyl groups is 1. The maximum atomic E-state index is 15.5. The predicted octanol–water partition coefficient (Wildman–Crippen LogP) is 7.21.